The summed E-state index contributed by atoms with van der Waals surface area (Å²) >= 11 is 0. The molecule has 0 saturated carbocycles. The zero-order valence-electron chi connectivity index (χ0n) is 10.7. The summed E-state index contributed by atoms with van der Waals surface area (Å²) in [5.41, 5.74) is 7.79. The van der Waals surface area contributed by atoms with E-state index in [1.165, 1.54) is 5.56 Å². The zero-order valence-corrected chi connectivity index (χ0v) is 10.7. The average molecular weight is 232 g/mol. The van der Waals surface area contributed by atoms with Crippen LogP contribution in [0.5, 0.6) is 0 Å². The number of aryl methyl sites for hydroxylation is 1. The molecule has 1 aromatic carbocycles. The number of nitrogens with two attached hydrogens (primary N) is 1. The number of nitriles is 1. The van der Waals surface area contributed by atoms with E-state index in [2.05, 4.69) is 29.4 Å². The molecule has 4 heteroatoms. The van der Waals surface area contributed by atoms with Gasteiger partial charge in [-0.3, -0.25) is 5.32 Å². The molecule has 0 amide bonds. The van der Waals surface area contributed by atoms with Crippen LogP contribution in [0.25, 0.3) is 0 Å². The molecule has 3 N–H and O–H groups in total. The van der Waals surface area contributed by atoms with Gasteiger partial charge in [0.05, 0.1) is 6.54 Å². The number of hydrogen-bond acceptors (Lipinski definition) is 2. The number of guanidine groups is 1. The Hall–Kier alpha value is -2.02. The van der Waals surface area contributed by atoms with Gasteiger partial charge in [0.25, 0.3) is 0 Å². The topological polar surface area (TPSA) is 74.2 Å². The summed E-state index contributed by atoms with van der Waals surface area (Å²) in [6.07, 6.45) is 2.72. The molecule has 0 fully saturated rings. The van der Waals surface area contributed by atoms with Crippen molar-refractivity contribution in [2.75, 3.05) is 0 Å². The Balaban J connectivity index is 0.00000121. The summed E-state index contributed by atoms with van der Waals surface area (Å²) in [7, 11) is 0. The van der Waals surface area contributed by atoms with E-state index < -0.39 is 0 Å². The fourth-order valence-corrected chi connectivity index (χ4v) is 1.22. The Kier molecular flexibility index (Phi) is 8.13. The summed E-state index contributed by atoms with van der Waals surface area (Å²) in [6, 6.07) is 8.15. The van der Waals surface area contributed by atoms with Crippen LogP contribution in [0, 0.1) is 11.5 Å². The fraction of sp³-hybridized carbons (Fsp3) is 0.385. The van der Waals surface area contributed by atoms with Gasteiger partial charge in [-0.25, -0.2) is 4.99 Å². The minimum atomic E-state index is 0.152. The Morgan fingerprint density at radius 1 is 1.41 bits per heavy atom. The molecule has 1 aromatic rings. The lowest BCUT2D eigenvalue weighted by Crippen LogP contribution is -2.27. The van der Waals surface area contributed by atoms with Gasteiger partial charge < -0.3 is 5.73 Å². The van der Waals surface area contributed by atoms with Crippen LogP contribution in [0.4, 0.5) is 0 Å². The first-order chi connectivity index (χ1) is 8.26. The SMILES string of the molecule is CC.CCc1cccc(CN=C(N)NC#N)c1. The first kappa shape index (κ1) is 15.0. The molecule has 17 heavy (non-hydrogen) atoms. The van der Waals surface area contributed by atoms with Crippen LogP contribution in [-0.4, -0.2) is 5.96 Å². The van der Waals surface area contributed by atoms with Gasteiger partial charge in [0, 0.05) is 0 Å². The molecular formula is C13H20N4. The summed E-state index contributed by atoms with van der Waals surface area (Å²) in [6.45, 7) is 6.60. The molecular weight excluding hydrogens is 212 g/mol. The van der Waals surface area contributed by atoms with E-state index in [-0.39, 0.29) is 5.96 Å². The van der Waals surface area contributed by atoms with Gasteiger partial charge in [0.2, 0.25) is 5.96 Å². The summed E-state index contributed by atoms with van der Waals surface area (Å²) in [4.78, 5) is 4.02. The Morgan fingerprint density at radius 3 is 2.65 bits per heavy atom. The summed E-state index contributed by atoms with van der Waals surface area (Å²) in [5.74, 6) is 0.152. The lowest BCUT2D eigenvalue weighted by atomic mass is 10.1. The van der Waals surface area contributed by atoms with Crippen molar-refractivity contribution in [3.8, 4) is 6.19 Å². The average Bonchev–Trinajstić information content (AvgIpc) is 2.39. The maximum atomic E-state index is 8.29. The van der Waals surface area contributed by atoms with Crippen LogP contribution in [-0.2, 0) is 13.0 Å². The predicted molar refractivity (Wildman–Crippen MR) is 71.2 cm³/mol. The summed E-state index contributed by atoms with van der Waals surface area (Å²) in [5, 5.41) is 10.6. The molecule has 0 unspecified atom stereocenters. The lowest BCUT2D eigenvalue weighted by Gasteiger charge is -2.01. The molecule has 0 aliphatic rings. The smallest absolute Gasteiger partial charge is 0.202 e. The molecule has 4 nitrogen and oxygen atoms in total. The number of nitrogens with zero attached hydrogens (tertiary/aromatic N) is 2. The van der Waals surface area contributed by atoms with E-state index in [1.807, 2.05) is 26.0 Å². The van der Waals surface area contributed by atoms with Crippen LogP contribution in [0.1, 0.15) is 31.9 Å². The third kappa shape index (κ3) is 6.21. The van der Waals surface area contributed by atoms with Crippen molar-refractivity contribution >= 4 is 5.96 Å². The third-order valence-corrected chi connectivity index (χ3v) is 2.02. The highest BCUT2D eigenvalue weighted by atomic mass is 15.1. The second-order valence-corrected chi connectivity index (χ2v) is 3.11. The minimum Gasteiger partial charge on any atom is -0.369 e. The molecule has 0 spiro atoms. The van der Waals surface area contributed by atoms with E-state index in [0.717, 1.165) is 12.0 Å². The van der Waals surface area contributed by atoms with Crippen molar-refractivity contribution in [1.82, 2.24) is 5.32 Å². The molecule has 0 aliphatic carbocycles. The first-order valence-corrected chi connectivity index (χ1v) is 5.79. The van der Waals surface area contributed by atoms with Crippen molar-refractivity contribution in [3.05, 3.63) is 35.4 Å². The van der Waals surface area contributed by atoms with Crippen LogP contribution < -0.4 is 11.1 Å². The third-order valence-electron chi connectivity index (χ3n) is 2.02. The molecule has 0 aliphatic heterocycles. The molecule has 0 bridgehead atoms. The maximum Gasteiger partial charge on any atom is 0.202 e. The maximum absolute atomic E-state index is 8.29. The van der Waals surface area contributed by atoms with Gasteiger partial charge in [0.1, 0.15) is 0 Å². The molecule has 1 rings (SSSR count). The molecule has 92 valence electrons. The minimum absolute atomic E-state index is 0.152. The van der Waals surface area contributed by atoms with E-state index in [4.69, 9.17) is 11.0 Å². The molecule has 0 aromatic heterocycles. The van der Waals surface area contributed by atoms with E-state index >= 15 is 0 Å². The number of hydrogen-bond donors (Lipinski definition) is 2. The van der Waals surface area contributed by atoms with Gasteiger partial charge in [0.15, 0.2) is 6.19 Å². The monoisotopic (exact) mass is 232 g/mol. The normalized spacial score (nSPS) is 9.88. The van der Waals surface area contributed by atoms with E-state index in [9.17, 15) is 0 Å². The largest absolute Gasteiger partial charge is 0.369 e. The predicted octanol–water partition coefficient (Wildman–Crippen LogP) is 2.16. The van der Waals surface area contributed by atoms with Crippen molar-refractivity contribution in [2.24, 2.45) is 10.7 Å². The quantitative estimate of drug-likeness (QED) is 0.363. The summed E-state index contributed by atoms with van der Waals surface area (Å²) < 4.78 is 0. The van der Waals surface area contributed by atoms with E-state index in [0.29, 0.717) is 6.54 Å². The Bertz CT molecular complexity index is 391. The number of nitrogens with one attached hydrogen (secondary N) is 1. The number of aliphatic imine (C=N–C) groups is 1. The highest BCUT2D eigenvalue weighted by Gasteiger charge is 1.94. The van der Waals surface area contributed by atoms with Crippen molar-refractivity contribution in [2.45, 2.75) is 33.7 Å². The van der Waals surface area contributed by atoms with Gasteiger partial charge >= 0.3 is 0 Å². The second kappa shape index (κ2) is 9.22. The van der Waals surface area contributed by atoms with Crippen LogP contribution in [0.15, 0.2) is 29.3 Å². The Morgan fingerprint density at radius 2 is 2.06 bits per heavy atom. The highest BCUT2D eigenvalue weighted by Crippen LogP contribution is 2.06. The first-order valence-electron chi connectivity index (χ1n) is 5.79. The number of benzene rings is 1. The van der Waals surface area contributed by atoms with Gasteiger partial charge in [-0.05, 0) is 17.5 Å². The number of rotatable bonds is 3. The van der Waals surface area contributed by atoms with Crippen molar-refractivity contribution < 1.29 is 0 Å². The molecule has 0 saturated heterocycles. The van der Waals surface area contributed by atoms with Crippen molar-refractivity contribution in [1.29, 1.82) is 5.26 Å². The van der Waals surface area contributed by atoms with Crippen LogP contribution in [0.3, 0.4) is 0 Å². The van der Waals surface area contributed by atoms with Gasteiger partial charge in [-0.1, -0.05) is 45.0 Å². The molecule has 0 atom stereocenters. The van der Waals surface area contributed by atoms with Crippen molar-refractivity contribution in [3.63, 3.8) is 0 Å². The van der Waals surface area contributed by atoms with Gasteiger partial charge in [-0.2, -0.15) is 5.26 Å². The zero-order chi connectivity index (χ0) is 13.1. The van der Waals surface area contributed by atoms with E-state index in [1.54, 1.807) is 6.19 Å². The standard InChI is InChI=1S/C11H14N4.C2H6/c1-2-9-4-3-5-10(6-9)7-14-11(13)15-8-12;1-2/h3-6H,2,7H2,1H3,(H3,13,14,15);1-2H3. The van der Waals surface area contributed by atoms with Crippen LogP contribution >= 0.6 is 0 Å². The molecule has 0 radical (unpaired) electrons. The van der Waals surface area contributed by atoms with Crippen LogP contribution in [0.2, 0.25) is 0 Å². The highest BCUT2D eigenvalue weighted by molar-refractivity contribution is 5.79. The second-order valence-electron chi connectivity index (χ2n) is 3.11. The lowest BCUT2D eigenvalue weighted by molar-refractivity contribution is 1.02. The Labute approximate surface area is 103 Å². The van der Waals surface area contributed by atoms with Gasteiger partial charge in [-0.15, -0.1) is 0 Å². The fourth-order valence-electron chi connectivity index (χ4n) is 1.22. The molecule has 0 heterocycles.